The van der Waals surface area contributed by atoms with Gasteiger partial charge >= 0.3 is 5.63 Å². The molecule has 3 aromatic rings. The Morgan fingerprint density at radius 2 is 1.56 bits per heavy atom. The zero-order valence-corrected chi connectivity index (χ0v) is 14.5. The third kappa shape index (κ3) is 3.49. The highest BCUT2D eigenvalue weighted by atomic mass is 32.2. The summed E-state index contributed by atoms with van der Waals surface area (Å²) in [6, 6.07) is 17.2. The molecule has 1 heterocycles. The van der Waals surface area contributed by atoms with Crippen molar-refractivity contribution in [2.75, 3.05) is 13.4 Å². The van der Waals surface area contributed by atoms with Crippen molar-refractivity contribution >= 4 is 9.84 Å². The van der Waals surface area contributed by atoms with E-state index < -0.39 is 15.5 Å². The van der Waals surface area contributed by atoms with E-state index in [2.05, 4.69) is 0 Å². The quantitative estimate of drug-likeness (QED) is 0.716. The minimum absolute atomic E-state index is 0.111. The molecule has 128 valence electrons. The minimum atomic E-state index is -3.31. The SMILES string of the molecule is COc1cc(-c2ccccc2)c(-c2ccc(S(C)(=O)=O)cc2)c(=O)o1. The zero-order valence-electron chi connectivity index (χ0n) is 13.7. The average molecular weight is 356 g/mol. The maximum atomic E-state index is 12.5. The van der Waals surface area contributed by atoms with Crippen LogP contribution in [-0.2, 0) is 9.84 Å². The summed E-state index contributed by atoms with van der Waals surface area (Å²) in [5, 5.41) is 0. The van der Waals surface area contributed by atoms with Crippen molar-refractivity contribution in [3.63, 3.8) is 0 Å². The van der Waals surface area contributed by atoms with Gasteiger partial charge in [-0.15, -0.1) is 0 Å². The maximum absolute atomic E-state index is 12.5. The van der Waals surface area contributed by atoms with Gasteiger partial charge in [0.25, 0.3) is 5.95 Å². The molecule has 0 unspecified atom stereocenters. The van der Waals surface area contributed by atoms with Gasteiger partial charge in [-0.05, 0) is 23.3 Å². The van der Waals surface area contributed by atoms with Gasteiger partial charge in [0.05, 0.1) is 17.6 Å². The van der Waals surface area contributed by atoms with Crippen LogP contribution in [0.5, 0.6) is 5.95 Å². The fourth-order valence-electron chi connectivity index (χ4n) is 2.56. The second-order valence-electron chi connectivity index (χ2n) is 5.51. The van der Waals surface area contributed by atoms with Crippen LogP contribution >= 0.6 is 0 Å². The van der Waals surface area contributed by atoms with Crippen molar-refractivity contribution in [3.8, 4) is 28.2 Å². The topological polar surface area (TPSA) is 73.6 Å². The molecule has 0 saturated heterocycles. The molecule has 6 heteroatoms. The van der Waals surface area contributed by atoms with E-state index in [9.17, 15) is 13.2 Å². The van der Waals surface area contributed by atoms with Gasteiger partial charge in [0.15, 0.2) is 9.84 Å². The molecule has 0 radical (unpaired) electrons. The number of hydrogen-bond donors (Lipinski definition) is 0. The highest BCUT2D eigenvalue weighted by Crippen LogP contribution is 2.32. The van der Waals surface area contributed by atoms with Gasteiger partial charge in [0.2, 0.25) is 0 Å². The van der Waals surface area contributed by atoms with Crippen LogP contribution in [0.15, 0.2) is 74.8 Å². The van der Waals surface area contributed by atoms with Gasteiger partial charge in [-0.25, -0.2) is 13.2 Å². The summed E-state index contributed by atoms with van der Waals surface area (Å²) >= 11 is 0. The zero-order chi connectivity index (χ0) is 18.0. The van der Waals surface area contributed by atoms with Crippen LogP contribution in [-0.4, -0.2) is 21.8 Å². The van der Waals surface area contributed by atoms with E-state index in [0.29, 0.717) is 16.7 Å². The Morgan fingerprint density at radius 3 is 2.12 bits per heavy atom. The number of methoxy groups -OCH3 is 1. The van der Waals surface area contributed by atoms with Crippen LogP contribution in [0.2, 0.25) is 0 Å². The van der Waals surface area contributed by atoms with E-state index >= 15 is 0 Å². The van der Waals surface area contributed by atoms with Gasteiger partial charge in [-0.2, -0.15) is 0 Å². The van der Waals surface area contributed by atoms with Crippen LogP contribution < -0.4 is 10.4 Å². The number of ether oxygens (including phenoxy) is 1. The highest BCUT2D eigenvalue weighted by molar-refractivity contribution is 7.90. The minimum Gasteiger partial charge on any atom is -0.468 e. The molecule has 0 fully saturated rings. The van der Waals surface area contributed by atoms with Gasteiger partial charge in [0.1, 0.15) is 0 Å². The lowest BCUT2D eigenvalue weighted by Gasteiger charge is -2.10. The van der Waals surface area contributed by atoms with E-state index in [-0.39, 0.29) is 10.8 Å². The van der Waals surface area contributed by atoms with Crippen LogP contribution in [0.25, 0.3) is 22.3 Å². The Balaban J connectivity index is 2.24. The third-order valence-corrected chi connectivity index (χ3v) is 4.91. The second-order valence-corrected chi connectivity index (χ2v) is 7.52. The van der Waals surface area contributed by atoms with Crippen LogP contribution in [0.3, 0.4) is 0 Å². The number of benzene rings is 2. The summed E-state index contributed by atoms with van der Waals surface area (Å²) in [5.41, 5.74) is 1.86. The average Bonchev–Trinajstić information content (AvgIpc) is 2.61. The van der Waals surface area contributed by atoms with E-state index in [1.165, 1.54) is 19.2 Å². The smallest absolute Gasteiger partial charge is 0.347 e. The van der Waals surface area contributed by atoms with Crippen molar-refractivity contribution in [1.82, 2.24) is 0 Å². The van der Waals surface area contributed by atoms with E-state index in [1.54, 1.807) is 18.2 Å². The van der Waals surface area contributed by atoms with Crippen LogP contribution in [0.4, 0.5) is 0 Å². The standard InChI is InChI=1S/C19H16O5S/c1-23-17-12-16(13-6-4-3-5-7-13)18(19(20)24-17)14-8-10-15(11-9-14)25(2,21)22/h3-12H,1-2H3. The van der Waals surface area contributed by atoms with Gasteiger partial charge in [-0.3, -0.25) is 0 Å². The van der Waals surface area contributed by atoms with E-state index in [4.69, 9.17) is 9.15 Å². The molecule has 0 aliphatic rings. The van der Waals surface area contributed by atoms with Crippen LogP contribution in [0.1, 0.15) is 0 Å². The molecule has 2 aromatic carbocycles. The normalized spacial score (nSPS) is 11.3. The fraction of sp³-hybridized carbons (Fsp3) is 0.105. The first-order valence-corrected chi connectivity index (χ1v) is 9.37. The predicted molar refractivity (Wildman–Crippen MR) is 95.5 cm³/mol. The Kier molecular flexibility index (Phi) is 4.46. The molecule has 1 aromatic heterocycles. The molecular formula is C19H16O5S. The molecule has 5 nitrogen and oxygen atoms in total. The monoisotopic (exact) mass is 356 g/mol. The lowest BCUT2D eigenvalue weighted by Crippen LogP contribution is -2.06. The summed E-state index contributed by atoms with van der Waals surface area (Å²) in [6.45, 7) is 0. The number of hydrogen-bond acceptors (Lipinski definition) is 5. The lowest BCUT2D eigenvalue weighted by atomic mass is 9.97. The van der Waals surface area contributed by atoms with Crippen molar-refractivity contribution in [2.24, 2.45) is 0 Å². The fourth-order valence-corrected chi connectivity index (χ4v) is 3.19. The third-order valence-electron chi connectivity index (χ3n) is 3.79. The van der Waals surface area contributed by atoms with E-state index in [0.717, 1.165) is 11.8 Å². The molecule has 0 amide bonds. The summed E-state index contributed by atoms with van der Waals surface area (Å²) in [7, 11) is -1.88. The van der Waals surface area contributed by atoms with Crippen LogP contribution in [0, 0.1) is 0 Å². The van der Waals surface area contributed by atoms with Crippen molar-refractivity contribution < 1.29 is 17.6 Å². The van der Waals surface area contributed by atoms with Crippen molar-refractivity contribution in [2.45, 2.75) is 4.90 Å². The molecular weight excluding hydrogens is 340 g/mol. The second kappa shape index (κ2) is 6.57. The Bertz CT molecular complexity index is 1050. The van der Waals surface area contributed by atoms with Crippen molar-refractivity contribution in [3.05, 3.63) is 71.1 Å². The molecule has 0 atom stereocenters. The first kappa shape index (κ1) is 17.0. The molecule has 0 N–H and O–H groups in total. The predicted octanol–water partition coefficient (Wildman–Crippen LogP) is 3.39. The summed E-state index contributed by atoms with van der Waals surface area (Å²) in [6.07, 6.45) is 1.14. The summed E-state index contributed by atoms with van der Waals surface area (Å²) < 4.78 is 33.5. The molecule has 0 aliphatic heterocycles. The number of rotatable bonds is 4. The molecule has 0 saturated carbocycles. The highest BCUT2D eigenvalue weighted by Gasteiger charge is 2.17. The Hall–Kier alpha value is -2.86. The number of sulfone groups is 1. The molecule has 3 rings (SSSR count). The molecule has 0 bridgehead atoms. The van der Waals surface area contributed by atoms with E-state index in [1.807, 2.05) is 30.3 Å². The largest absolute Gasteiger partial charge is 0.468 e. The summed E-state index contributed by atoms with van der Waals surface area (Å²) in [5.74, 6) is 0.111. The van der Waals surface area contributed by atoms with Gasteiger partial charge in [-0.1, -0.05) is 42.5 Å². The first-order chi connectivity index (χ1) is 11.9. The van der Waals surface area contributed by atoms with Gasteiger partial charge in [0, 0.05) is 17.9 Å². The first-order valence-electron chi connectivity index (χ1n) is 7.48. The summed E-state index contributed by atoms with van der Waals surface area (Å²) in [4.78, 5) is 12.7. The van der Waals surface area contributed by atoms with Gasteiger partial charge < -0.3 is 9.15 Å². The molecule has 0 aliphatic carbocycles. The lowest BCUT2D eigenvalue weighted by molar-refractivity contribution is 0.287. The maximum Gasteiger partial charge on any atom is 0.347 e. The van der Waals surface area contributed by atoms with Crippen molar-refractivity contribution in [1.29, 1.82) is 0 Å². The molecule has 0 spiro atoms. The Morgan fingerprint density at radius 1 is 0.920 bits per heavy atom. The molecule has 25 heavy (non-hydrogen) atoms. The Labute approximate surface area is 145 Å².